The number of anilines is 3. The fraction of sp³-hybridized carbons (Fsp3) is 0.567. The van der Waals surface area contributed by atoms with Gasteiger partial charge in [-0.15, -0.1) is 0 Å². The van der Waals surface area contributed by atoms with Crippen LogP contribution >= 0.6 is 0 Å². The molecule has 12 heteroatoms. The molecule has 6 N–H and O–H groups in total. The number of hydrogen-bond donors (Lipinski definition) is 4. The maximum atomic E-state index is 12.0. The smallest absolute Gasteiger partial charge is 0.229 e. The van der Waals surface area contributed by atoms with Crippen LogP contribution in [0.5, 0.6) is 11.5 Å². The summed E-state index contributed by atoms with van der Waals surface area (Å²) in [7, 11) is 1.68. The molecular weight excluding hydrogens is 541 g/mol. The number of carbonyl (C=O) groups excluding carboxylic acids is 1. The Morgan fingerprint density at radius 3 is 2.64 bits per heavy atom. The summed E-state index contributed by atoms with van der Waals surface area (Å²) in [6.07, 6.45) is 11.9. The third-order valence-electron chi connectivity index (χ3n) is 9.08. The van der Waals surface area contributed by atoms with E-state index in [1.165, 1.54) is 17.3 Å². The number of methoxy groups -OCH3 is 1. The van der Waals surface area contributed by atoms with Crippen molar-refractivity contribution in [3.05, 3.63) is 41.6 Å². The number of benzene rings is 1. The molecule has 6 rings (SSSR count). The van der Waals surface area contributed by atoms with Crippen LogP contribution in [0.1, 0.15) is 36.8 Å². The number of amides is 1. The molecule has 1 saturated carbocycles. The Morgan fingerprint density at radius 2 is 2.02 bits per heavy atom. The lowest BCUT2D eigenvalue weighted by atomic mass is 9.93. The first-order valence-corrected chi connectivity index (χ1v) is 14.8. The Bertz CT molecular complexity index is 1270. The summed E-state index contributed by atoms with van der Waals surface area (Å²) in [6.45, 7) is 4.63. The number of fused-ring (bicyclic) bond motifs is 3. The molecule has 2 fully saturated rings. The molecule has 0 spiro atoms. The van der Waals surface area contributed by atoms with Crippen molar-refractivity contribution in [2.75, 3.05) is 57.5 Å². The van der Waals surface area contributed by atoms with Gasteiger partial charge in [0.1, 0.15) is 12.4 Å². The Hall–Kier alpha value is -3.48. The topological polar surface area (TPSA) is 152 Å². The predicted octanol–water partition coefficient (Wildman–Crippen LogP) is 2.97. The van der Waals surface area contributed by atoms with Crippen molar-refractivity contribution >= 4 is 23.4 Å². The molecule has 4 atom stereocenters. The van der Waals surface area contributed by atoms with E-state index in [9.17, 15) is 14.4 Å². The van der Waals surface area contributed by atoms with Gasteiger partial charge < -0.3 is 26.6 Å². The average Bonchev–Trinajstić information content (AvgIpc) is 3.57. The third-order valence-corrected chi connectivity index (χ3v) is 9.08. The van der Waals surface area contributed by atoms with Crippen LogP contribution in [0.4, 0.5) is 22.0 Å². The zero-order valence-electron chi connectivity index (χ0n) is 24.2. The van der Waals surface area contributed by atoms with Crippen molar-refractivity contribution in [2.24, 2.45) is 23.5 Å². The number of nitrogen functional groups attached to an aromatic ring is 1. The second kappa shape index (κ2) is 13.7. The summed E-state index contributed by atoms with van der Waals surface area (Å²) in [5, 5.41) is 12.7. The first kappa shape index (κ1) is 30.0. The van der Waals surface area contributed by atoms with Crippen molar-refractivity contribution in [3.8, 4) is 11.5 Å². The highest BCUT2D eigenvalue weighted by Gasteiger charge is 2.38. The second-order valence-corrected chi connectivity index (χ2v) is 11.6. The van der Waals surface area contributed by atoms with Crippen molar-refractivity contribution in [1.82, 2.24) is 19.8 Å². The minimum absolute atomic E-state index is 0.0244. The molecule has 1 unspecified atom stereocenters. The van der Waals surface area contributed by atoms with Gasteiger partial charge in [-0.05, 0) is 72.1 Å². The van der Waals surface area contributed by atoms with E-state index in [2.05, 4.69) is 48.2 Å². The standard InChI is InChI=1S/C22H31FN6O3.C8H11NO/c1-31-20-17-4-2-3-16(29-9-7-28(8-10-29)11-12-32-23)13-15(17)5-6-18(20)26-22-25-14-19(30)21(24)27-22;9-8(10)7-4-5-1-2-6(7)3-5/h5-6,14,16,30H,2-4,7-13H2,1H3,(H3,24,25,26,27);1-2,5-7H,3-4H2,(H2,9,10)/t;5-,6+,7+/m.0/s1. The fourth-order valence-electron chi connectivity index (χ4n) is 6.84. The summed E-state index contributed by atoms with van der Waals surface area (Å²) < 4.78 is 17.8. The summed E-state index contributed by atoms with van der Waals surface area (Å²) in [6, 6.07) is 4.62. The summed E-state index contributed by atoms with van der Waals surface area (Å²) in [5.41, 5.74) is 14.2. The number of halogens is 1. The Balaban J connectivity index is 0.000000295. The summed E-state index contributed by atoms with van der Waals surface area (Å²) >= 11 is 0. The number of aromatic nitrogens is 2. The average molecular weight is 584 g/mol. The van der Waals surface area contributed by atoms with Crippen molar-refractivity contribution in [1.29, 1.82) is 0 Å². The number of nitrogens with two attached hydrogens (primary N) is 2. The highest BCUT2D eigenvalue weighted by molar-refractivity contribution is 5.78. The molecule has 2 bridgehead atoms. The Morgan fingerprint density at radius 1 is 1.21 bits per heavy atom. The molecule has 3 aliphatic carbocycles. The molecule has 4 aliphatic rings. The molecule has 1 aromatic heterocycles. The SMILES string of the molecule is COc1c(Nc2ncc(O)c(N)n2)ccc2c1CCCC(N1CCN(CCOF)CC1)C2.NC(=O)[C@@H]1C[C@H]2C=C[C@@H]1C2. The van der Waals surface area contributed by atoms with Gasteiger partial charge in [0.2, 0.25) is 11.9 Å². The number of hydrogen-bond acceptors (Lipinski definition) is 10. The van der Waals surface area contributed by atoms with Crippen LogP contribution in [0.15, 0.2) is 30.5 Å². The van der Waals surface area contributed by atoms with Gasteiger partial charge in [0.05, 0.1) is 19.0 Å². The fourth-order valence-corrected chi connectivity index (χ4v) is 6.84. The van der Waals surface area contributed by atoms with Crippen LogP contribution in [0.25, 0.3) is 0 Å². The highest BCUT2D eigenvalue weighted by Crippen LogP contribution is 2.43. The van der Waals surface area contributed by atoms with Gasteiger partial charge in [-0.3, -0.25) is 14.6 Å². The first-order chi connectivity index (χ1) is 20.4. The Labute approximate surface area is 246 Å². The summed E-state index contributed by atoms with van der Waals surface area (Å²) in [5.74, 6) is 2.15. The van der Waals surface area contributed by atoms with Crippen LogP contribution in [0, 0.1) is 17.8 Å². The zero-order valence-corrected chi connectivity index (χ0v) is 24.2. The highest BCUT2D eigenvalue weighted by atomic mass is 19.3. The Kier molecular flexibility index (Phi) is 9.76. The lowest BCUT2D eigenvalue weighted by Crippen LogP contribution is -2.51. The van der Waals surface area contributed by atoms with Crippen LogP contribution in [0.2, 0.25) is 0 Å². The summed E-state index contributed by atoms with van der Waals surface area (Å²) in [4.78, 5) is 27.5. The lowest BCUT2D eigenvalue weighted by Gasteiger charge is -2.39. The molecule has 42 heavy (non-hydrogen) atoms. The number of piperazine rings is 1. The van der Waals surface area contributed by atoms with Crippen molar-refractivity contribution in [3.63, 3.8) is 0 Å². The number of primary amides is 1. The number of aromatic hydroxyl groups is 1. The molecule has 1 amide bonds. The molecule has 2 aromatic rings. The third kappa shape index (κ3) is 6.93. The van der Waals surface area contributed by atoms with Gasteiger partial charge in [0.25, 0.3) is 0 Å². The number of allylic oxidation sites excluding steroid dienone is 2. The maximum Gasteiger partial charge on any atom is 0.229 e. The van der Waals surface area contributed by atoms with Crippen molar-refractivity contribution in [2.45, 2.75) is 44.6 Å². The minimum Gasteiger partial charge on any atom is -0.503 e. The van der Waals surface area contributed by atoms with Gasteiger partial charge >= 0.3 is 0 Å². The van der Waals surface area contributed by atoms with Gasteiger partial charge in [-0.25, -0.2) is 4.98 Å². The number of carbonyl (C=O) groups is 1. The van der Waals surface area contributed by atoms with E-state index < -0.39 is 0 Å². The van der Waals surface area contributed by atoms with E-state index >= 15 is 0 Å². The molecule has 1 aliphatic heterocycles. The van der Waals surface area contributed by atoms with Crippen LogP contribution in [-0.2, 0) is 22.6 Å². The molecular formula is C30H42FN7O4. The number of nitrogens with zero attached hydrogens (tertiary/aromatic N) is 4. The molecule has 228 valence electrons. The number of nitrogens with one attached hydrogen (secondary N) is 1. The number of ether oxygens (including phenoxy) is 1. The monoisotopic (exact) mass is 583 g/mol. The molecule has 1 saturated heterocycles. The van der Waals surface area contributed by atoms with Crippen molar-refractivity contribution < 1.29 is 24.1 Å². The van der Waals surface area contributed by atoms with Gasteiger partial charge in [0, 0.05) is 44.7 Å². The van der Waals surface area contributed by atoms with Crippen LogP contribution < -0.4 is 21.5 Å². The lowest BCUT2D eigenvalue weighted by molar-refractivity contribution is -0.137. The van der Waals surface area contributed by atoms with Crippen LogP contribution in [-0.4, -0.2) is 83.3 Å². The normalized spacial score (nSPS) is 25.3. The van der Waals surface area contributed by atoms with Gasteiger partial charge in [-0.1, -0.05) is 18.2 Å². The van der Waals surface area contributed by atoms with E-state index in [0.717, 1.165) is 76.1 Å². The van der Waals surface area contributed by atoms with E-state index in [-0.39, 0.29) is 30.0 Å². The number of rotatable bonds is 8. The quantitative estimate of drug-likeness (QED) is 0.270. The first-order valence-electron chi connectivity index (χ1n) is 14.8. The second-order valence-electron chi connectivity index (χ2n) is 11.6. The van der Waals surface area contributed by atoms with E-state index in [1.807, 2.05) is 6.07 Å². The van der Waals surface area contributed by atoms with E-state index in [4.69, 9.17) is 16.2 Å². The molecule has 2 heterocycles. The van der Waals surface area contributed by atoms with Gasteiger partial charge in [0.15, 0.2) is 11.6 Å². The molecule has 11 nitrogen and oxygen atoms in total. The molecule has 1 aromatic carbocycles. The van der Waals surface area contributed by atoms with E-state index in [0.29, 0.717) is 30.4 Å². The minimum atomic E-state index is -0.146. The van der Waals surface area contributed by atoms with Gasteiger partial charge in [-0.2, -0.15) is 9.93 Å². The predicted molar refractivity (Wildman–Crippen MR) is 158 cm³/mol. The largest absolute Gasteiger partial charge is 0.503 e. The van der Waals surface area contributed by atoms with E-state index in [1.54, 1.807) is 7.11 Å². The molecule has 0 radical (unpaired) electrons. The van der Waals surface area contributed by atoms with Crippen LogP contribution in [0.3, 0.4) is 0 Å². The maximum absolute atomic E-state index is 12.0. The zero-order chi connectivity index (χ0) is 29.6.